The van der Waals surface area contributed by atoms with Crippen LogP contribution in [0.15, 0.2) is 78.9 Å². The molecule has 1 amide bonds. The summed E-state index contributed by atoms with van der Waals surface area (Å²) in [5.74, 6) is -1.97. The Morgan fingerprint density at radius 1 is 0.767 bits per heavy atom. The van der Waals surface area contributed by atoms with Crippen LogP contribution in [0, 0.1) is 6.92 Å². The van der Waals surface area contributed by atoms with Gasteiger partial charge in [-0.15, -0.1) is 0 Å². The van der Waals surface area contributed by atoms with Gasteiger partial charge in [0, 0.05) is 11.3 Å². The highest BCUT2D eigenvalue weighted by Gasteiger charge is 2.28. The fourth-order valence-electron chi connectivity index (χ4n) is 2.87. The number of hydrogen-bond acceptors (Lipinski definition) is 5. The quantitative estimate of drug-likeness (QED) is 0.620. The number of rotatable bonds is 6. The van der Waals surface area contributed by atoms with Gasteiger partial charge in [-0.2, -0.15) is 0 Å². The third-order valence-electron chi connectivity index (χ3n) is 4.44. The average Bonchev–Trinajstić information content (AvgIpc) is 2.78. The molecule has 0 radical (unpaired) electrons. The van der Waals surface area contributed by atoms with E-state index in [4.69, 9.17) is 9.47 Å². The van der Waals surface area contributed by atoms with E-state index in [-0.39, 0.29) is 11.1 Å². The van der Waals surface area contributed by atoms with Crippen LogP contribution in [-0.2, 0) is 14.3 Å². The predicted molar refractivity (Wildman–Crippen MR) is 112 cm³/mol. The lowest BCUT2D eigenvalue weighted by molar-refractivity contribution is -0.125. The first-order chi connectivity index (χ1) is 14.5. The van der Waals surface area contributed by atoms with E-state index in [0.29, 0.717) is 11.3 Å². The van der Waals surface area contributed by atoms with Gasteiger partial charge in [0.1, 0.15) is 0 Å². The van der Waals surface area contributed by atoms with Gasteiger partial charge in [-0.3, -0.25) is 4.79 Å². The van der Waals surface area contributed by atoms with E-state index in [1.165, 1.54) is 19.2 Å². The molecule has 0 bridgehead atoms. The molecule has 0 aliphatic heterocycles. The lowest BCUT2D eigenvalue weighted by Crippen LogP contribution is -2.26. The molecular weight excluding hydrogens is 382 g/mol. The number of esters is 2. The molecule has 0 spiro atoms. The number of methoxy groups -OCH3 is 1. The number of ether oxygens (including phenoxy) is 2. The third kappa shape index (κ3) is 4.91. The SMILES string of the molecule is COC(=O)c1ccccc1C(=O)OC(C(=O)Nc1ccc(C)cc1)c1ccccc1. The minimum absolute atomic E-state index is 0.0217. The summed E-state index contributed by atoms with van der Waals surface area (Å²) in [6.45, 7) is 1.94. The van der Waals surface area contributed by atoms with Gasteiger partial charge in [0.15, 0.2) is 0 Å². The Hall–Kier alpha value is -3.93. The topological polar surface area (TPSA) is 81.7 Å². The summed E-state index contributed by atoms with van der Waals surface area (Å²) < 4.78 is 10.3. The summed E-state index contributed by atoms with van der Waals surface area (Å²) in [6, 6.07) is 22.1. The molecule has 1 unspecified atom stereocenters. The van der Waals surface area contributed by atoms with Crippen molar-refractivity contribution in [3.05, 3.63) is 101 Å². The first-order valence-corrected chi connectivity index (χ1v) is 9.30. The van der Waals surface area contributed by atoms with E-state index in [2.05, 4.69) is 5.32 Å². The molecule has 3 rings (SSSR count). The molecule has 30 heavy (non-hydrogen) atoms. The van der Waals surface area contributed by atoms with Crippen LogP contribution in [0.25, 0.3) is 0 Å². The van der Waals surface area contributed by atoms with Gasteiger partial charge in [0.25, 0.3) is 5.91 Å². The molecule has 0 heterocycles. The molecule has 0 saturated carbocycles. The van der Waals surface area contributed by atoms with Crippen LogP contribution in [-0.4, -0.2) is 25.0 Å². The van der Waals surface area contributed by atoms with Crippen molar-refractivity contribution in [2.75, 3.05) is 12.4 Å². The maximum absolute atomic E-state index is 13.0. The van der Waals surface area contributed by atoms with Crippen molar-refractivity contribution in [2.24, 2.45) is 0 Å². The van der Waals surface area contributed by atoms with E-state index in [9.17, 15) is 14.4 Å². The van der Waals surface area contributed by atoms with E-state index < -0.39 is 23.9 Å². The lowest BCUT2D eigenvalue weighted by Gasteiger charge is -2.19. The van der Waals surface area contributed by atoms with Crippen molar-refractivity contribution in [1.82, 2.24) is 0 Å². The summed E-state index contributed by atoms with van der Waals surface area (Å²) in [5.41, 5.74) is 2.23. The highest BCUT2D eigenvalue weighted by atomic mass is 16.5. The molecule has 152 valence electrons. The molecule has 0 aliphatic carbocycles. The molecule has 0 saturated heterocycles. The fraction of sp³-hybridized carbons (Fsp3) is 0.125. The molecule has 1 atom stereocenters. The van der Waals surface area contributed by atoms with E-state index in [0.717, 1.165) is 5.56 Å². The smallest absolute Gasteiger partial charge is 0.340 e. The minimum Gasteiger partial charge on any atom is -0.465 e. The standard InChI is InChI=1S/C24H21NO5/c1-16-12-14-18(15-13-16)25-22(26)21(17-8-4-3-5-9-17)30-24(28)20-11-7-6-10-19(20)23(27)29-2/h3-15,21H,1-2H3,(H,25,26). The van der Waals surface area contributed by atoms with E-state index in [1.807, 2.05) is 19.1 Å². The number of anilines is 1. The summed E-state index contributed by atoms with van der Waals surface area (Å²) in [4.78, 5) is 37.8. The van der Waals surface area contributed by atoms with Crippen molar-refractivity contribution in [2.45, 2.75) is 13.0 Å². The molecule has 0 aromatic heterocycles. The predicted octanol–water partition coefficient (Wildman–Crippen LogP) is 4.32. The molecule has 0 aliphatic rings. The Morgan fingerprint density at radius 3 is 1.93 bits per heavy atom. The minimum atomic E-state index is -1.20. The Labute approximate surface area is 174 Å². The summed E-state index contributed by atoms with van der Waals surface area (Å²) in [5, 5.41) is 2.77. The van der Waals surface area contributed by atoms with E-state index >= 15 is 0 Å². The zero-order valence-corrected chi connectivity index (χ0v) is 16.6. The molecule has 0 fully saturated rings. The van der Waals surface area contributed by atoms with Crippen LogP contribution < -0.4 is 5.32 Å². The van der Waals surface area contributed by atoms with Crippen molar-refractivity contribution >= 4 is 23.5 Å². The van der Waals surface area contributed by atoms with Gasteiger partial charge < -0.3 is 14.8 Å². The third-order valence-corrected chi connectivity index (χ3v) is 4.44. The number of hydrogen-bond donors (Lipinski definition) is 1. The van der Waals surface area contributed by atoms with E-state index in [1.54, 1.807) is 54.6 Å². The second kappa shape index (κ2) is 9.52. The first kappa shape index (κ1) is 20.8. The van der Waals surface area contributed by atoms with Gasteiger partial charge in [-0.25, -0.2) is 9.59 Å². The second-order valence-corrected chi connectivity index (χ2v) is 6.59. The Kier molecular flexibility index (Phi) is 6.60. The van der Waals surface area contributed by atoms with Crippen LogP contribution in [0.2, 0.25) is 0 Å². The number of amides is 1. The van der Waals surface area contributed by atoms with Crippen molar-refractivity contribution in [3.63, 3.8) is 0 Å². The Morgan fingerprint density at radius 2 is 1.33 bits per heavy atom. The highest BCUT2D eigenvalue weighted by Crippen LogP contribution is 2.23. The fourth-order valence-corrected chi connectivity index (χ4v) is 2.87. The van der Waals surface area contributed by atoms with Crippen LogP contribution in [0.4, 0.5) is 5.69 Å². The molecule has 1 N–H and O–H groups in total. The van der Waals surface area contributed by atoms with Crippen LogP contribution in [0.5, 0.6) is 0 Å². The number of benzene rings is 3. The van der Waals surface area contributed by atoms with Gasteiger partial charge in [-0.05, 0) is 31.2 Å². The first-order valence-electron chi connectivity index (χ1n) is 9.30. The van der Waals surface area contributed by atoms with Gasteiger partial charge in [0.05, 0.1) is 18.2 Å². The summed E-state index contributed by atoms with van der Waals surface area (Å²) in [7, 11) is 1.23. The molecule has 3 aromatic rings. The lowest BCUT2D eigenvalue weighted by atomic mass is 10.1. The molecule has 6 heteroatoms. The molecular formula is C24H21NO5. The Bertz CT molecular complexity index is 1040. The zero-order valence-electron chi connectivity index (χ0n) is 16.6. The Balaban J connectivity index is 1.88. The summed E-state index contributed by atoms with van der Waals surface area (Å²) in [6.07, 6.45) is -1.20. The summed E-state index contributed by atoms with van der Waals surface area (Å²) >= 11 is 0. The van der Waals surface area contributed by atoms with Crippen molar-refractivity contribution < 1.29 is 23.9 Å². The number of carbonyl (C=O) groups is 3. The normalized spacial score (nSPS) is 11.3. The highest BCUT2D eigenvalue weighted by molar-refractivity contribution is 6.04. The van der Waals surface area contributed by atoms with Crippen molar-refractivity contribution in [1.29, 1.82) is 0 Å². The molecule has 6 nitrogen and oxygen atoms in total. The second-order valence-electron chi connectivity index (χ2n) is 6.59. The molecule has 3 aromatic carbocycles. The monoisotopic (exact) mass is 403 g/mol. The van der Waals surface area contributed by atoms with Gasteiger partial charge in [-0.1, -0.05) is 60.2 Å². The van der Waals surface area contributed by atoms with Crippen LogP contribution in [0.1, 0.15) is 37.9 Å². The van der Waals surface area contributed by atoms with Crippen LogP contribution in [0.3, 0.4) is 0 Å². The number of aryl methyl sites for hydroxylation is 1. The van der Waals surface area contributed by atoms with Gasteiger partial charge in [0.2, 0.25) is 6.10 Å². The van der Waals surface area contributed by atoms with Gasteiger partial charge >= 0.3 is 11.9 Å². The van der Waals surface area contributed by atoms with Crippen LogP contribution >= 0.6 is 0 Å². The number of nitrogens with one attached hydrogen (secondary N) is 1. The zero-order chi connectivity index (χ0) is 21.5. The van der Waals surface area contributed by atoms with Crippen molar-refractivity contribution in [3.8, 4) is 0 Å². The maximum atomic E-state index is 13.0. The average molecular weight is 403 g/mol. The largest absolute Gasteiger partial charge is 0.465 e. The number of carbonyl (C=O) groups excluding carboxylic acids is 3. The maximum Gasteiger partial charge on any atom is 0.340 e.